The van der Waals surface area contributed by atoms with Crippen LogP contribution >= 0.6 is 0 Å². The summed E-state index contributed by atoms with van der Waals surface area (Å²) in [5.41, 5.74) is 0.279. The predicted octanol–water partition coefficient (Wildman–Crippen LogP) is 1.40. The molecule has 0 spiro atoms. The molecule has 0 unspecified atom stereocenters. The van der Waals surface area contributed by atoms with Crippen LogP contribution in [-0.2, 0) is 9.53 Å². The van der Waals surface area contributed by atoms with E-state index in [1.165, 1.54) is 37.9 Å². The highest BCUT2D eigenvalue weighted by molar-refractivity contribution is 5.92. The molecular weight excluding hydrogens is 308 g/mol. The van der Waals surface area contributed by atoms with Gasteiger partial charge in [0, 0.05) is 45.1 Å². The van der Waals surface area contributed by atoms with Crippen molar-refractivity contribution in [1.29, 1.82) is 0 Å². The fourth-order valence-electron chi connectivity index (χ4n) is 2.87. The molecule has 7 heteroatoms. The average Bonchev–Trinajstić information content (AvgIpc) is 2.63. The Hall–Kier alpha value is -2.02. The van der Waals surface area contributed by atoms with E-state index in [9.17, 15) is 9.59 Å². The third-order valence-electron chi connectivity index (χ3n) is 4.21. The molecule has 7 nitrogen and oxygen atoms in total. The number of hydrogen-bond donors (Lipinski definition) is 1. The van der Waals surface area contributed by atoms with Crippen molar-refractivity contribution in [3.8, 4) is 0 Å². The van der Waals surface area contributed by atoms with Crippen LogP contribution in [0.3, 0.4) is 0 Å². The van der Waals surface area contributed by atoms with Crippen LogP contribution in [0.1, 0.15) is 49.0 Å². The van der Waals surface area contributed by atoms with E-state index in [0.717, 1.165) is 12.8 Å². The number of rotatable bonds is 8. The highest BCUT2D eigenvalue weighted by atomic mass is 16.5. The first-order valence-corrected chi connectivity index (χ1v) is 8.54. The smallest absolute Gasteiger partial charge is 0.274 e. The molecule has 1 aromatic heterocycles. The SMILES string of the molecule is COCCN(CCC(=O)NC1CCCCC1)C(=O)c1cnccn1. The Bertz CT molecular complexity index is 518. The van der Waals surface area contributed by atoms with Crippen LogP contribution in [0, 0.1) is 0 Å². The molecule has 2 amide bonds. The molecule has 132 valence electrons. The van der Waals surface area contributed by atoms with E-state index in [4.69, 9.17) is 4.74 Å². The quantitative estimate of drug-likeness (QED) is 0.777. The second-order valence-electron chi connectivity index (χ2n) is 6.03. The maximum absolute atomic E-state index is 12.5. The number of aromatic nitrogens is 2. The Kier molecular flexibility index (Phi) is 7.61. The lowest BCUT2D eigenvalue weighted by atomic mass is 9.95. The van der Waals surface area contributed by atoms with Gasteiger partial charge in [-0.05, 0) is 12.8 Å². The van der Waals surface area contributed by atoms with E-state index in [-0.39, 0.29) is 30.0 Å². The summed E-state index contributed by atoms with van der Waals surface area (Å²) < 4.78 is 5.06. The van der Waals surface area contributed by atoms with Crippen LogP contribution in [0.2, 0.25) is 0 Å². The average molecular weight is 334 g/mol. The van der Waals surface area contributed by atoms with Gasteiger partial charge in [0.2, 0.25) is 5.91 Å². The Morgan fingerprint density at radius 1 is 1.25 bits per heavy atom. The summed E-state index contributed by atoms with van der Waals surface area (Å²) in [5.74, 6) is -0.234. The van der Waals surface area contributed by atoms with Gasteiger partial charge < -0.3 is 15.0 Å². The van der Waals surface area contributed by atoms with E-state index < -0.39 is 0 Å². The number of hydrogen-bond acceptors (Lipinski definition) is 5. The summed E-state index contributed by atoms with van der Waals surface area (Å²) in [5, 5.41) is 3.07. The van der Waals surface area contributed by atoms with Crippen LogP contribution in [0.15, 0.2) is 18.6 Å². The van der Waals surface area contributed by atoms with Gasteiger partial charge in [0.15, 0.2) is 0 Å². The summed E-state index contributed by atoms with van der Waals surface area (Å²) in [4.78, 5) is 34.2. The summed E-state index contributed by atoms with van der Waals surface area (Å²) in [6.07, 6.45) is 10.4. The molecule has 0 saturated heterocycles. The summed E-state index contributed by atoms with van der Waals surface area (Å²) in [6.45, 7) is 1.18. The number of nitrogens with one attached hydrogen (secondary N) is 1. The molecule has 24 heavy (non-hydrogen) atoms. The molecule has 1 N–H and O–H groups in total. The number of carbonyl (C=O) groups is 2. The van der Waals surface area contributed by atoms with Gasteiger partial charge >= 0.3 is 0 Å². The Balaban J connectivity index is 1.86. The molecule has 2 rings (SSSR count). The minimum atomic E-state index is -0.231. The van der Waals surface area contributed by atoms with Crippen molar-refractivity contribution in [2.45, 2.75) is 44.6 Å². The molecule has 1 aliphatic carbocycles. The fourth-order valence-corrected chi connectivity index (χ4v) is 2.87. The molecule has 0 aromatic carbocycles. The van der Waals surface area contributed by atoms with Gasteiger partial charge in [-0.15, -0.1) is 0 Å². The standard InChI is InChI=1S/C17H26N4O3/c1-24-12-11-21(17(23)15-13-18-8-9-19-15)10-7-16(22)20-14-5-3-2-4-6-14/h8-9,13-14H,2-7,10-12H2,1H3,(H,20,22). The Morgan fingerprint density at radius 2 is 2.04 bits per heavy atom. The zero-order valence-corrected chi connectivity index (χ0v) is 14.2. The van der Waals surface area contributed by atoms with Gasteiger partial charge in [-0.3, -0.25) is 14.6 Å². The minimum Gasteiger partial charge on any atom is -0.383 e. The van der Waals surface area contributed by atoms with Crippen LogP contribution in [-0.4, -0.2) is 59.5 Å². The molecular formula is C17H26N4O3. The normalized spacial score (nSPS) is 15.0. The van der Waals surface area contributed by atoms with Crippen LogP contribution in [0.25, 0.3) is 0 Å². The fraction of sp³-hybridized carbons (Fsp3) is 0.647. The first kappa shape index (κ1) is 18.3. The molecule has 1 fully saturated rings. The van der Waals surface area contributed by atoms with Crippen LogP contribution < -0.4 is 5.32 Å². The zero-order chi connectivity index (χ0) is 17.2. The second-order valence-corrected chi connectivity index (χ2v) is 6.03. The third-order valence-corrected chi connectivity index (χ3v) is 4.21. The monoisotopic (exact) mass is 334 g/mol. The van der Waals surface area contributed by atoms with Crippen molar-refractivity contribution in [2.24, 2.45) is 0 Å². The lowest BCUT2D eigenvalue weighted by Gasteiger charge is -2.24. The largest absolute Gasteiger partial charge is 0.383 e. The lowest BCUT2D eigenvalue weighted by Crippen LogP contribution is -2.40. The van der Waals surface area contributed by atoms with Gasteiger partial charge in [-0.25, -0.2) is 4.98 Å². The van der Waals surface area contributed by atoms with E-state index in [1.54, 1.807) is 12.0 Å². The summed E-state index contributed by atoms with van der Waals surface area (Å²) >= 11 is 0. The van der Waals surface area contributed by atoms with E-state index >= 15 is 0 Å². The van der Waals surface area contributed by atoms with Crippen LogP contribution in [0.4, 0.5) is 0 Å². The second kappa shape index (κ2) is 9.97. The Labute approximate surface area is 142 Å². The summed E-state index contributed by atoms with van der Waals surface area (Å²) in [7, 11) is 1.58. The van der Waals surface area contributed by atoms with Crippen molar-refractivity contribution >= 4 is 11.8 Å². The van der Waals surface area contributed by atoms with Gasteiger partial charge in [-0.1, -0.05) is 19.3 Å². The Morgan fingerprint density at radius 3 is 2.71 bits per heavy atom. The molecule has 1 aromatic rings. The lowest BCUT2D eigenvalue weighted by molar-refractivity contribution is -0.122. The predicted molar refractivity (Wildman–Crippen MR) is 89.4 cm³/mol. The highest BCUT2D eigenvalue weighted by Crippen LogP contribution is 2.17. The molecule has 1 aliphatic rings. The van der Waals surface area contributed by atoms with E-state index in [0.29, 0.717) is 19.7 Å². The number of carbonyl (C=O) groups excluding carboxylic acids is 2. The maximum atomic E-state index is 12.5. The van der Waals surface area contributed by atoms with Gasteiger partial charge in [-0.2, -0.15) is 0 Å². The first-order chi connectivity index (χ1) is 11.7. The number of ether oxygens (including phenoxy) is 1. The molecule has 1 heterocycles. The molecule has 0 aliphatic heterocycles. The molecule has 0 radical (unpaired) electrons. The number of methoxy groups -OCH3 is 1. The van der Waals surface area contributed by atoms with Gasteiger partial charge in [0.25, 0.3) is 5.91 Å². The number of nitrogens with zero attached hydrogens (tertiary/aromatic N) is 3. The maximum Gasteiger partial charge on any atom is 0.274 e. The third kappa shape index (κ3) is 5.88. The summed E-state index contributed by atoms with van der Waals surface area (Å²) in [6, 6.07) is 0.286. The minimum absolute atomic E-state index is 0.00346. The van der Waals surface area contributed by atoms with Crippen molar-refractivity contribution in [2.75, 3.05) is 26.8 Å². The molecule has 0 bridgehead atoms. The van der Waals surface area contributed by atoms with Crippen LogP contribution in [0.5, 0.6) is 0 Å². The van der Waals surface area contributed by atoms with Crippen molar-refractivity contribution < 1.29 is 14.3 Å². The van der Waals surface area contributed by atoms with Gasteiger partial charge in [0.1, 0.15) is 5.69 Å². The van der Waals surface area contributed by atoms with Gasteiger partial charge in [0.05, 0.1) is 12.8 Å². The topological polar surface area (TPSA) is 84.4 Å². The molecule has 1 saturated carbocycles. The first-order valence-electron chi connectivity index (χ1n) is 8.54. The van der Waals surface area contributed by atoms with Crippen molar-refractivity contribution in [3.05, 3.63) is 24.3 Å². The highest BCUT2D eigenvalue weighted by Gasteiger charge is 2.20. The molecule has 0 atom stereocenters. The van der Waals surface area contributed by atoms with E-state index in [2.05, 4.69) is 15.3 Å². The van der Waals surface area contributed by atoms with Crippen molar-refractivity contribution in [1.82, 2.24) is 20.2 Å². The van der Waals surface area contributed by atoms with E-state index in [1.807, 2.05) is 0 Å². The number of amides is 2. The zero-order valence-electron chi connectivity index (χ0n) is 14.2. The van der Waals surface area contributed by atoms with Crippen molar-refractivity contribution in [3.63, 3.8) is 0 Å².